The van der Waals surface area contributed by atoms with Crippen molar-refractivity contribution in [2.45, 2.75) is 6.54 Å². The molecule has 2 N–H and O–H groups in total. The average molecular weight is 297 g/mol. The zero-order chi connectivity index (χ0) is 15.5. The highest BCUT2D eigenvalue weighted by Crippen LogP contribution is 2.12. The largest absolute Gasteiger partial charge is 0.347 e. The summed E-state index contributed by atoms with van der Waals surface area (Å²) in [6.07, 6.45) is 0. The van der Waals surface area contributed by atoms with Crippen molar-refractivity contribution in [2.24, 2.45) is 0 Å². The Morgan fingerprint density at radius 1 is 1.14 bits per heavy atom. The van der Waals surface area contributed by atoms with Crippen LogP contribution in [0, 0.1) is 5.82 Å². The Kier molecular flexibility index (Phi) is 3.65. The molecule has 0 aliphatic heterocycles. The lowest BCUT2D eigenvalue weighted by Gasteiger charge is -2.07. The Labute approximate surface area is 124 Å². The van der Waals surface area contributed by atoms with Crippen LogP contribution in [-0.4, -0.2) is 16.1 Å². The van der Waals surface area contributed by atoms with E-state index in [0.29, 0.717) is 16.3 Å². The van der Waals surface area contributed by atoms with Crippen LogP contribution in [0.3, 0.4) is 0 Å². The van der Waals surface area contributed by atoms with Gasteiger partial charge in [0.05, 0.1) is 5.39 Å². The molecule has 1 amide bonds. The lowest BCUT2D eigenvalue weighted by atomic mass is 10.1. The van der Waals surface area contributed by atoms with Gasteiger partial charge in [0.15, 0.2) is 5.69 Å². The maximum Gasteiger partial charge on any atom is 0.272 e. The summed E-state index contributed by atoms with van der Waals surface area (Å²) in [6.45, 7) is 0.172. The van der Waals surface area contributed by atoms with Gasteiger partial charge in [-0.15, -0.1) is 0 Å². The number of amides is 1. The summed E-state index contributed by atoms with van der Waals surface area (Å²) in [5.41, 5.74) is 0.422. The van der Waals surface area contributed by atoms with Gasteiger partial charge in [0.2, 0.25) is 0 Å². The first kappa shape index (κ1) is 13.9. The number of aromatic amines is 1. The van der Waals surface area contributed by atoms with Crippen LogP contribution in [-0.2, 0) is 6.54 Å². The van der Waals surface area contributed by atoms with Gasteiger partial charge >= 0.3 is 0 Å². The molecular formula is C16H12FN3O2. The zero-order valence-electron chi connectivity index (χ0n) is 11.5. The second-order valence-electron chi connectivity index (χ2n) is 4.76. The van der Waals surface area contributed by atoms with Gasteiger partial charge in [0.1, 0.15) is 5.82 Å². The van der Waals surface area contributed by atoms with Crippen molar-refractivity contribution in [3.63, 3.8) is 0 Å². The summed E-state index contributed by atoms with van der Waals surface area (Å²) >= 11 is 0. The van der Waals surface area contributed by atoms with Crippen LogP contribution in [0.15, 0.2) is 53.3 Å². The van der Waals surface area contributed by atoms with Crippen LogP contribution in [0.1, 0.15) is 16.1 Å². The molecule has 5 nitrogen and oxygen atoms in total. The molecule has 0 aliphatic rings. The van der Waals surface area contributed by atoms with Gasteiger partial charge in [-0.1, -0.05) is 30.3 Å². The van der Waals surface area contributed by atoms with Crippen LogP contribution < -0.4 is 10.9 Å². The fourth-order valence-electron chi connectivity index (χ4n) is 2.20. The molecule has 110 valence electrons. The van der Waals surface area contributed by atoms with E-state index in [2.05, 4.69) is 15.5 Å². The van der Waals surface area contributed by atoms with Crippen molar-refractivity contribution in [1.29, 1.82) is 0 Å². The Morgan fingerprint density at radius 3 is 2.68 bits per heavy atom. The number of aromatic nitrogens is 2. The summed E-state index contributed by atoms with van der Waals surface area (Å²) in [6, 6.07) is 12.7. The van der Waals surface area contributed by atoms with Gasteiger partial charge in [-0.3, -0.25) is 9.59 Å². The SMILES string of the molecule is O=C(NCc1cccc(F)c1)c1n[nH]c(=O)c2ccccc12. The number of rotatable bonds is 3. The Balaban J connectivity index is 1.87. The molecule has 1 heterocycles. The highest BCUT2D eigenvalue weighted by Gasteiger charge is 2.13. The molecule has 0 bridgehead atoms. The molecule has 0 saturated carbocycles. The number of H-pyrrole nitrogens is 1. The van der Waals surface area contributed by atoms with Gasteiger partial charge in [-0.2, -0.15) is 5.10 Å². The minimum Gasteiger partial charge on any atom is -0.347 e. The van der Waals surface area contributed by atoms with E-state index < -0.39 is 5.91 Å². The second-order valence-corrected chi connectivity index (χ2v) is 4.76. The van der Waals surface area contributed by atoms with Gasteiger partial charge < -0.3 is 5.32 Å². The number of nitrogens with one attached hydrogen (secondary N) is 2. The molecule has 1 aromatic heterocycles. The first-order chi connectivity index (χ1) is 10.6. The fraction of sp³-hybridized carbons (Fsp3) is 0.0625. The summed E-state index contributed by atoms with van der Waals surface area (Å²) in [7, 11) is 0. The third kappa shape index (κ3) is 2.71. The van der Waals surface area contributed by atoms with E-state index in [1.807, 2.05) is 0 Å². The molecule has 0 unspecified atom stereocenters. The Morgan fingerprint density at radius 2 is 1.91 bits per heavy atom. The van der Waals surface area contributed by atoms with Crippen molar-refractivity contribution >= 4 is 16.7 Å². The van der Waals surface area contributed by atoms with Gasteiger partial charge in [-0.25, -0.2) is 9.49 Å². The molecule has 3 aromatic rings. The van der Waals surface area contributed by atoms with E-state index in [1.54, 1.807) is 36.4 Å². The normalized spacial score (nSPS) is 10.6. The molecule has 3 rings (SSSR count). The first-order valence-corrected chi connectivity index (χ1v) is 6.65. The molecule has 6 heteroatoms. The molecule has 0 fully saturated rings. The van der Waals surface area contributed by atoms with Crippen LogP contribution in [0.25, 0.3) is 10.8 Å². The number of carbonyl (C=O) groups excluding carboxylic acids is 1. The Hall–Kier alpha value is -3.02. The maximum atomic E-state index is 13.1. The smallest absolute Gasteiger partial charge is 0.272 e. The predicted octanol–water partition coefficient (Wildman–Crippen LogP) is 1.99. The third-order valence-corrected chi connectivity index (χ3v) is 3.25. The molecule has 0 atom stereocenters. The molecule has 2 aromatic carbocycles. The Bertz CT molecular complexity index is 905. The van der Waals surface area contributed by atoms with Gasteiger partial charge in [-0.05, 0) is 23.8 Å². The monoisotopic (exact) mass is 297 g/mol. The van der Waals surface area contributed by atoms with Crippen molar-refractivity contribution in [3.8, 4) is 0 Å². The standard InChI is InChI=1S/C16H12FN3O2/c17-11-5-3-4-10(8-11)9-18-16(22)14-12-6-1-2-7-13(12)15(21)20-19-14/h1-8H,9H2,(H,18,22)(H,20,21). The summed E-state index contributed by atoms with van der Waals surface area (Å²) in [5.74, 6) is -0.795. The van der Waals surface area contributed by atoms with Crippen molar-refractivity contribution in [2.75, 3.05) is 0 Å². The summed E-state index contributed by atoms with van der Waals surface area (Å²) in [5, 5.41) is 9.65. The average Bonchev–Trinajstić information content (AvgIpc) is 2.53. The number of carbonyl (C=O) groups is 1. The van der Waals surface area contributed by atoms with Crippen LogP contribution in [0.5, 0.6) is 0 Å². The predicted molar refractivity (Wildman–Crippen MR) is 79.9 cm³/mol. The number of halogens is 1. The number of nitrogens with zero attached hydrogens (tertiary/aromatic N) is 1. The van der Waals surface area contributed by atoms with Crippen LogP contribution in [0.4, 0.5) is 4.39 Å². The first-order valence-electron chi connectivity index (χ1n) is 6.65. The zero-order valence-corrected chi connectivity index (χ0v) is 11.5. The van der Waals surface area contributed by atoms with E-state index in [-0.39, 0.29) is 23.6 Å². The van der Waals surface area contributed by atoms with E-state index in [4.69, 9.17) is 0 Å². The van der Waals surface area contributed by atoms with Crippen molar-refractivity contribution in [1.82, 2.24) is 15.5 Å². The minimum absolute atomic E-state index is 0.131. The number of hydrogen-bond donors (Lipinski definition) is 2. The highest BCUT2D eigenvalue weighted by molar-refractivity contribution is 6.04. The van der Waals surface area contributed by atoms with E-state index in [0.717, 1.165) is 0 Å². The van der Waals surface area contributed by atoms with E-state index in [1.165, 1.54) is 12.1 Å². The van der Waals surface area contributed by atoms with Crippen molar-refractivity contribution < 1.29 is 9.18 Å². The molecule has 0 spiro atoms. The lowest BCUT2D eigenvalue weighted by molar-refractivity contribution is 0.0946. The van der Waals surface area contributed by atoms with Crippen molar-refractivity contribution in [3.05, 3.63) is 76.0 Å². The maximum absolute atomic E-state index is 13.1. The molecule has 22 heavy (non-hydrogen) atoms. The van der Waals surface area contributed by atoms with Gasteiger partial charge in [0, 0.05) is 11.9 Å². The van der Waals surface area contributed by atoms with Crippen LogP contribution in [0.2, 0.25) is 0 Å². The van der Waals surface area contributed by atoms with E-state index in [9.17, 15) is 14.0 Å². The molecule has 0 radical (unpaired) electrons. The third-order valence-electron chi connectivity index (χ3n) is 3.25. The highest BCUT2D eigenvalue weighted by atomic mass is 19.1. The number of fused-ring (bicyclic) bond motifs is 1. The number of benzene rings is 2. The number of hydrogen-bond acceptors (Lipinski definition) is 3. The molecular weight excluding hydrogens is 285 g/mol. The topological polar surface area (TPSA) is 74.8 Å². The fourth-order valence-corrected chi connectivity index (χ4v) is 2.20. The van der Waals surface area contributed by atoms with Crippen LogP contribution >= 0.6 is 0 Å². The molecule has 0 saturated heterocycles. The van der Waals surface area contributed by atoms with Gasteiger partial charge in [0.25, 0.3) is 11.5 Å². The van der Waals surface area contributed by atoms with E-state index >= 15 is 0 Å². The quantitative estimate of drug-likeness (QED) is 0.776. The second kappa shape index (κ2) is 5.77. The minimum atomic E-state index is -0.434. The summed E-state index contributed by atoms with van der Waals surface area (Å²) < 4.78 is 13.1. The lowest BCUT2D eigenvalue weighted by Crippen LogP contribution is -2.26. The molecule has 0 aliphatic carbocycles. The summed E-state index contributed by atoms with van der Waals surface area (Å²) in [4.78, 5) is 23.9.